The molecule has 1 aromatic heterocycles. The first-order valence-corrected chi connectivity index (χ1v) is 5.95. The van der Waals surface area contributed by atoms with Crippen molar-refractivity contribution < 1.29 is 18.6 Å². The predicted octanol–water partition coefficient (Wildman–Crippen LogP) is 2.50. The van der Waals surface area contributed by atoms with Crippen LogP contribution >= 0.6 is 11.6 Å². The SMILES string of the molecule is COc1cc(OC)c(-c2nnc(CCl)o2)cc1OC. The van der Waals surface area contributed by atoms with Gasteiger partial charge in [0.25, 0.3) is 5.89 Å². The molecule has 0 N–H and O–H groups in total. The van der Waals surface area contributed by atoms with Crippen LogP contribution in [0, 0.1) is 0 Å². The van der Waals surface area contributed by atoms with Crippen LogP contribution < -0.4 is 14.2 Å². The molecule has 1 heterocycles. The van der Waals surface area contributed by atoms with E-state index >= 15 is 0 Å². The lowest BCUT2D eigenvalue weighted by Crippen LogP contribution is -1.95. The van der Waals surface area contributed by atoms with E-state index in [1.54, 1.807) is 33.5 Å². The molecule has 0 aliphatic rings. The number of aromatic nitrogens is 2. The largest absolute Gasteiger partial charge is 0.496 e. The van der Waals surface area contributed by atoms with E-state index in [9.17, 15) is 0 Å². The van der Waals surface area contributed by atoms with E-state index in [2.05, 4.69) is 10.2 Å². The average molecular weight is 285 g/mol. The molecule has 102 valence electrons. The number of halogens is 1. The number of rotatable bonds is 5. The number of methoxy groups -OCH3 is 3. The van der Waals surface area contributed by atoms with Crippen LogP contribution in [0.15, 0.2) is 16.5 Å². The lowest BCUT2D eigenvalue weighted by Gasteiger charge is -2.11. The second-order valence-electron chi connectivity index (χ2n) is 3.54. The quantitative estimate of drug-likeness (QED) is 0.786. The van der Waals surface area contributed by atoms with E-state index in [4.69, 9.17) is 30.2 Å². The first-order valence-electron chi connectivity index (χ1n) is 5.42. The van der Waals surface area contributed by atoms with Crippen LogP contribution in [-0.2, 0) is 5.88 Å². The van der Waals surface area contributed by atoms with Crippen molar-refractivity contribution in [3.8, 4) is 28.7 Å². The van der Waals surface area contributed by atoms with Crippen LogP contribution in [0.25, 0.3) is 11.5 Å². The molecular weight excluding hydrogens is 272 g/mol. The molecule has 0 amide bonds. The molecule has 0 aliphatic heterocycles. The Hall–Kier alpha value is -1.95. The Balaban J connectivity index is 2.54. The molecule has 0 aliphatic carbocycles. The number of nitrogens with zero attached hydrogens (tertiary/aromatic N) is 2. The van der Waals surface area contributed by atoms with Gasteiger partial charge in [0, 0.05) is 12.1 Å². The minimum Gasteiger partial charge on any atom is -0.496 e. The summed E-state index contributed by atoms with van der Waals surface area (Å²) in [5.41, 5.74) is 0.615. The highest BCUT2D eigenvalue weighted by Crippen LogP contribution is 2.39. The van der Waals surface area contributed by atoms with Crippen LogP contribution in [-0.4, -0.2) is 31.5 Å². The number of alkyl halides is 1. The number of ether oxygens (including phenoxy) is 3. The first-order chi connectivity index (χ1) is 9.23. The molecule has 1 aromatic carbocycles. The Labute approximate surface area is 115 Å². The second-order valence-corrected chi connectivity index (χ2v) is 3.81. The third kappa shape index (κ3) is 2.58. The van der Waals surface area contributed by atoms with Gasteiger partial charge in [-0.15, -0.1) is 21.8 Å². The fourth-order valence-electron chi connectivity index (χ4n) is 1.61. The van der Waals surface area contributed by atoms with Crippen LogP contribution in [0.2, 0.25) is 0 Å². The van der Waals surface area contributed by atoms with E-state index in [1.807, 2.05) is 0 Å². The van der Waals surface area contributed by atoms with Gasteiger partial charge in [0.2, 0.25) is 5.89 Å². The molecule has 19 heavy (non-hydrogen) atoms. The van der Waals surface area contributed by atoms with E-state index in [1.165, 1.54) is 0 Å². The molecule has 0 spiro atoms. The molecule has 0 atom stereocenters. The van der Waals surface area contributed by atoms with Crippen molar-refractivity contribution in [3.63, 3.8) is 0 Å². The summed E-state index contributed by atoms with van der Waals surface area (Å²) in [7, 11) is 4.64. The minimum absolute atomic E-state index is 0.155. The average Bonchev–Trinajstić information content (AvgIpc) is 2.94. The van der Waals surface area contributed by atoms with Crippen LogP contribution in [0.5, 0.6) is 17.2 Å². The summed E-state index contributed by atoms with van der Waals surface area (Å²) in [6.45, 7) is 0. The second kappa shape index (κ2) is 5.79. The fourth-order valence-corrected chi connectivity index (χ4v) is 1.72. The molecule has 0 bridgehead atoms. The highest BCUT2D eigenvalue weighted by Gasteiger charge is 2.18. The first kappa shape index (κ1) is 13.5. The van der Waals surface area contributed by atoms with Gasteiger partial charge in [-0.3, -0.25) is 0 Å². The molecule has 0 saturated carbocycles. The highest BCUT2D eigenvalue weighted by atomic mass is 35.5. The van der Waals surface area contributed by atoms with Crippen molar-refractivity contribution in [2.45, 2.75) is 5.88 Å². The van der Waals surface area contributed by atoms with Crippen molar-refractivity contribution in [1.29, 1.82) is 0 Å². The Morgan fingerprint density at radius 1 is 1.00 bits per heavy atom. The molecule has 0 saturated heterocycles. The number of hydrogen-bond acceptors (Lipinski definition) is 6. The van der Waals surface area contributed by atoms with E-state index in [-0.39, 0.29) is 5.88 Å². The molecule has 2 aromatic rings. The molecule has 0 unspecified atom stereocenters. The summed E-state index contributed by atoms with van der Waals surface area (Å²) in [5, 5.41) is 7.73. The van der Waals surface area contributed by atoms with Gasteiger partial charge in [-0.25, -0.2) is 0 Å². The van der Waals surface area contributed by atoms with Gasteiger partial charge in [-0.05, 0) is 0 Å². The molecule has 0 fully saturated rings. The maximum Gasteiger partial charge on any atom is 0.251 e. The van der Waals surface area contributed by atoms with E-state index < -0.39 is 0 Å². The summed E-state index contributed by atoms with van der Waals surface area (Å²) < 4.78 is 21.1. The monoisotopic (exact) mass is 284 g/mol. The lowest BCUT2D eigenvalue weighted by atomic mass is 10.1. The number of hydrogen-bond donors (Lipinski definition) is 0. The van der Waals surface area contributed by atoms with Crippen molar-refractivity contribution in [2.75, 3.05) is 21.3 Å². The Morgan fingerprint density at radius 3 is 2.16 bits per heavy atom. The molecule has 6 nitrogen and oxygen atoms in total. The zero-order chi connectivity index (χ0) is 13.8. The number of benzene rings is 1. The van der Waals surface area contributed by atoms with Gasteiger partial charge in [-0.1, -0.05) is 0 Å². The standard InChI is InChI=1S/C12H13ClN2O4/c1-16-8-5-10(18-3)9(17-2)4-7(8)12-15-14-11(6-13)19-12/h4-5H,6H2,1-3H3. The third-order valence-corrected chi connectivity index (χ3v) is 2.75. The van der Waals surface area contributed by atoms with Crippen LogP contribution in [0.1, 0.15) is 5.89 Å². The summed E-state index contributed by atoms with van der Waals surface area (Å²) in [4.78, 5) is 0. The zero-order valence-corrected chi connectivity index (χ0v) is 11.5. The Morgan fingerprint density at radius 2 is 1.63 bits per heavy atom. The van der Waals surface area contributed by atoms with Gasteiger partial charge in [-0.2, -0.15) is 0 Å². The maximum absolute atomic E-state index is 5.64. The van der Waals surface area contributed by atoms with E-state index in [0.717, 1.165) is 0 Å². The van der Waals surface area contributed by atoms with Gasteiger partial charge in [0.15, 0.2) is 11.5 Å². The molecule has 2 rings (SSSR count). The van der Waals surface area contributed by atoms with Gasteiger partial charge >= 0.3 is 0 Å². The van der Waals surface area contributed by atoms with Crippen molar-refractivity contribution >= 4 is 11.6 Å². The van der Waals surface area contributed by atoms with Crippen LogP contribution in [0.3, 0.4) is 0 Å². The maximum atomic E-state index is 5.64. The lowest BCUT2D eigenvalue weighted by molar-refractivity contribution is 0.349. The fraction of sp³-hybridized carbons (Fsp3) is 0.333. The van der Waals surface area contributed by atoms with Gasteiger partial charge in [0.1, 0.15) is 11.6 Å². The van der Waals surface area contributed by atoms with Gasteiger partial charge < -0.3 is 18.6 Å². The highest BCUT2D eigenvalue weighted by molar-refractivity contribution is 6.16. The Kier molecular flexibility index (Phi) is 4.11. The summed E-state index contributed by atoms with van der Waals surface area (Å²) in [6, 6.07) is 3.40. The topological polar surface area (TPSA) is 66.6 Å². The van der Waals surface area contributed by atoms with E-state index in [0.29, 0.717) is 34.6 Å². The summed E-state index contributed by atoms with van der Waals surface area (Å²) in [5.74, 6) is 2.45. The zero-order valence-electron chi connectivity index (χ0n) is 10.8. The third-order valence-electron chi connectivity index (χ3n) is 2.52. The summed E-state index contributed by atoms with van der Waals surface area (Å²) >= 11 is 5.64. The Bertz CT molecular complexity index is 571. The van der Waals surface area contributed by atoms with Crippen LogP contribution in [0.4, 0.5) is 0 Å². The molecular formula is C12H13ClN2O4. The normalized spacial score (nSPS) is 10.3. The van der Waals surface area contributed by atoms with Crippen molar-refractivity contribution in [2.24, 2.45) is 0 Å². The predicted molar refractivity (Wildman–Crippen MR) is 68.9 cm³/mol. The van der Waals surface area contributed by atoms with Gasteiger partial charge in [0.05, 0.1) is 26.9 Å². The smallest absolute Gasteiger partial charge is 0.251 e. The molecule has 7 heteroatoms. The van der Waals surface area contributed by atoms with Crippen molar-refractivity contribution in [3.05, 3.63) is 18.0 Å². The summed E-state index contributed by atoms with van der Waals surface area (Å²) in [6.07, 6.45) is 0. The van der Waals surface area contributed by atoms with Crippen molar-refractivity contribution in [1.82, 2.24) is 10.2 Å². The minimum atomic E-state index is 0.155. The molecule has 0 radical (unpaired) electrons.